The van der Waals surface area contributed by atoms with Gasteiger partial charge < -0.3 is 11.1 Å². The van der Waals surface area contributed by atoms with Gasteiger partial charge in [-0.05, 0) is 48.5 Å². The van der Waals surface area contributed by atoms with Gasteiger partial charge in [-0.15, -0.1) is 0 Å². The van der Waals surface area contributed by atoms with Crippen LogP contribution in [0.5, 0.6) is 0 Å². The van der Waals surface area contributed by atoms with Crippen molar-refractivity contribution in [3.63, 3.8) is 0 Å². The summed E-state index contributed by atoms with van der Waals surface area (Å²) in [6.07, 6.45) is 2.40. The van der Waals surface area contributed by atoms with Crippen molar-refractivity contribution < 1.29 is 8.42 Å². The predicted molar refractivity (Wildman–Crippen MR) is 90.3 cm³/mol. The van der Waals surface area contributed by atoms with E-state index in [0.717, 1.165) is 6.54 Å². The number of nitrogen functional groups attached to an aromatic ring is 1. The third-order valence-corrected chi connectivity index (χ3v) is 6.59. The summed E-state index contributed by atoms with van der Waals surface area (Å²) < 4.78 is 25.5. The minimum atomic E-state index is -3.42. The number of benzene rings is 1. The van der Waals surface area contributed by atoms with Crippen LogP contribution in [0.4, 0.5) is 11.4 Å². The molecule has 1 saturated heterocycles. The Morgan fingerprint density at radius 3 is 2.62 bits per heavy atom. The fourth-order valence-electron chi connectivity index (χ4n) is 2.26. The van der Waals surface area contributed by atoms with Gasteiger partial charge in [-0.25, -0.2) is 12.7 Å². The Balaban J connectivity index is 2.12. The molecule has 7 heteroatoms. The van der Waals surface area contributed by atoms with Crippen LogP contribution in [0, 0.1) is 5.92 Å². The molecule has 5 nitrogen and oxygen atoms in total. The smallest absolute Gasteiger partial charge is 0.242 e. The molecule has 0 amide bonds. The molecule has 0 spiro atoms. The lowest BCUT2D eigenvalue weighted by Crippen LogP contribution is -2.23. The van der Waals surface area contributed by atoms with Crippen LogP contribution in [0.25, 0.3) is 0 Å². The molecule has 0 atom stereocenters. The van der Waals surface area contributed by atoms with Crippen LogP contribution in [-0.2, 0) is 10.0 Å². The molecule has 1 fully saturated rings. The van der Waals surface area contributed by atoms with Crippen LogP contribution >= 0.6 is 11.8 Å². The van der Waals surface area contributed by atoms with E-state index in [0.29, 0.717) is 17.3 Å². The molecular weight excluding hydrogens is 306 g/mol. The highest BCUT2D eigenvalue weighted by atomic mass is 32.2. The fraction of sp³-hybridized carbons (Fsp3) is 0.571. The molecule has 118 valence electrons. The van der Waals surface area contributed by atoms with Crippen molar-refractivity contribution in [2.24, 2.45) is 5.92 Å². The Morgan fingerprint density at radius 1 is 1.33 bits per heavy atom. The number of hydrogen-bond acceptors (Lipinski definition) is 5. The molecule has 3 N–H and O–H groups in total. The molecule has 0 aliphatic carbocycles. The Hall–Kier alpha value is -0.920. The lowest BCUT2D eigenvalue weighted by Gasteiger charge is -2.22. The number of nitrogens with one attached hydrogen (secondary N) is 1. The monoisotopic (exact) mass is 329 g/mol. The van der Waals surface area contributed by atoms with Crippen LogP contribution < -0.4 is 11.1 Å². The molecule has 0 saturated carbocycles. The summed E-state index contributed by atoms with van der Waals surface area (Å²) in [5.74, 6) is 3.05. The van der Waals surface area contributed by atoms with Crippen molar-refractivity contribution in [2.75, 3.05) is 43.2 Å². The quantitative estimate of drug-likeness (QED) is 0.809. The second kappa shape index (κ2) is 6.89. The molecule has 2 rings (SSSR count). The number of sulfonamides is 1. The Labute approximate surface area is 131 Å². The second-order valence-corrected chi connectivity index (χ2v) is 8.85. The number of anilines is 2. The third kappa shape index (κ3) is 4.05. The summed E-state index contributed by atoms with van der Waals surface area (Å²) in [6.45, 7) is 0.843. The molecule has 0 aromatic heterocycles. The number of nitrogens with zero attached hydrogens (tertiary/aromatic N) is 1. The Kier molecular flexibility index (Phi) is 5.40. The third-order valence-electron chi connectivity index (χ3n) is 3.73. The average molecular weight is 329 g/mol. The summed E-state index contributed by atoms with van der Waals surface area (Å²) in [4.78, 5) is 0.267. The number of hydrogen-bond donors (Lipinski definition) is 2. The van der Waals surface area contributed by atoms with E-state index < -0.39 is 10.0 Å². The first-order valence-electron chi connectivity index (χ1n) is 7.05. The van der Waals surface area contributed by atoms with Gasteiger partial charge in [-0.3, -0.25) is 0 Å². The fourth-order valence-corrected chi connectivity index (χ4v) is 4.40. The zero-order chi connectivity index (χ0) is 15.5. The summed E-state index contributed by atoms with van der Waals surface area (Å²) >= 11 is 2.00. The molecule has 1 aromatic carbocycles. The lowest BCUT2D eigenvalue weighted by atomic mass is 10.0. The van der Waals surface area contributed by atoms with E-state index in [1.165, 1.54) is 42.7 Å². The standard InChI is InChI=1S/C14H23N3O2S2/c1-17(2)21(18,19)12-3-4-13(15)14(9-12)16-10-11-5-7-20-8-6-11/h3-4,9,11,16H,5-8,10,15H2,1-2H3. The summed E-state index contributed by atoms with van der Waals surface area (Å²) in [7, 11) is -0.372. The molecule has 1 aromatic rings. The number of rotatable bonds is 5. The van der Waals surface area contributed by atoms with Crippen LogP contribution in [0.2, 0.25) is 0 Å². The Morgan fingerprint density at radius 2 is 2.00 bits per heavy atom. The van der Waals surface area contributed by atoms with E-state index in [-0.39, 0.29) is 4.90 Å². The molecule has 0 unspecified atom stereocenters. The van der Waals surface area contributed by atoms with Gasteiger partial charge in [0, 0.05) is 20.6 Å². The molecule has 1 heterocycles. The van der Waals surface area contributed by atoms with Gasteiger partial charge >= 0.3 is 0 Å². The highest BCUT2D eigenvalue weighted by molar-refractivity contribution is 7.99. The molecule has 1 aliphatic heterocycles. The van der Waals surface area contributed by atoms with Crippen molar-refractivity contribution in [3.8, 4) is 0 Å². The van der Waals surface area contributed by atoms with E-state index in [4.69, 9.17) is 5.73 Å². The van der Waals surface area contributed by atoms with Crippen LogP contribution in [0.1, 0.15) is 12.8 Å². The minimum Gasteiger partial charge on any atom is -0.397 e. The number of thioether (sulfide) groups is 1. The van der Waals surface area contributed by atoms with Crippen LogP contribution in [0.15, 0.2) is 23.1 Å². The molecule has 0 bridgehead atoms. The van der Waals surface area contributed by atoms with Crippen molar-refractivity contribution in [2.45, 2.75) is 17.7 Å². The average Bonchev–Trinajstić information content (AvgIpc) is 2.47. The highest BCUT2D eigenvalue weighted by Crippen LogP contribution is 2.27. The highest BCUT2D eigenvalue weighted by Gasteiger charge is 2.19. The second-order valence-electron chi connectivity index (χ2n) is 5.47. The van der Waals surface area contributed by atoms with Crippen molar-refractivity contribution in [3.05, 3.63) is 18.2 Å². The van der Waals surface area contributed by atoms with Crippen molar-refractivity contribution in [1.29, 1.82) is 0 Å². The van der Waals surface area contributed by atoms with Gasteiger partial charge in [0.15, 0.2) is 0 Å². The molecule has 1 aliphatic rings. The summed E-state index contributed by atoms with van der Waals surface area (Å²) in [5.41, 5.74) is 7.24. The van der Waals surface area contributed by atoms with Gasteiger partial charge in [-0.1, -0.05) is 0 Å². The summed E-state index contributed by atoms with van der Waals surface area (Å²) in [5, 5.41) is 3.32. The first-order chi connectivity index (χ1) is 9.91. The van der Waals surface area contributed by atoms with E-state index in [1.807, 2.05) is 11.8 Å². The van der Waals surface area contributed by atoms with Crippen LogP contribution in [0.3, 0.4) is 0 Å². The lowest BCUT2D eigenvalue weighted by molar-refractivity contribution is 0.516. The Bertz CT molecular complexity index is 582. The van der Waals surface area contributed by atoms with Crippen LogP contribution in [-0.4, -0.2) is 44.9 Å². The SMILES string of the molecule is CN(C)S(=O)(=O)c1ccc(N)c(NCC2CCSCC2)c1. The summed E-state index contributed by atoms with van der Waals surface area (Å²) in [6, 6.07) is 4.82. The van der Waals surface area contributed by atoms with E-state index in [2.05, 4.69) is 5.32 Å². The minimum absolute atomic E-state index is 0.267. The molecule has 0 radical (unpaired) electrons. The zero-order valence-electron chi connectivity index (χ0n) is 12.5. The normalized spacial score (nSPS) is 17.1. The maximum Gasteiger partial charge on any atom is 0.242 e. The maximum absolute atomic E-state index is 12.2. The van der Waals surface area contributed by atoms with Crippen molar-refractivity contribution >= 4 is 33.2 Å². The van der Waals surface area contributed by atoms with E-state index in [9.17, 15) is 8.42 Å². The zero-order valence-corrected chi connectivity index (χ0v) is 14.1. The first-order valence-corrected chi connectivity index (χ1v) is 9.64. The topological polar surface area (TPSA) is 75.4 Å². The molecule has 21 heavy (non-hydrogen) atoms. The largest absolute Gasteiger partial charge is 0.397 e. The van der Waals surface area contributed by atoms with E-state index >= 15 is 0 Å². The van der Waals surface area contributed by atoms with Gasteiger partial charge in [0.05, 0.1) is 16.3 Å². The number of nitrogens with two attached hydrogens (primary N) is 1. The molecular formula is C14H23N3O2S2. The van der Waals surface area contributed by atoms with Crippen molar-refractivity contribution in [1.82, 2.24) is 4.31 Å². The van der Waals surface area contributed by atoms with E-state index in [1.54, 1.807) is 18.2 Å². The van der Waals surface area contributed by atoms with Gasteiger partial charge in [-0.2, -0.15) is 11.8 Å². The van der Waals surface area contributed by atoms with Gasteiger partial charge in [0.25, 0.3) is 0 Å². The predicted octanol–water partition coefficient (Wildman–Crippen LogP) is 2.07. The van der Waals surface area contributed by atoms with Gasteiger partial charge in [0.2, 0.25) is 10.0 Å². The van der Waals surface area contributed by atoms with Gasteiger partial charge in [0.1, 0.15) is 0 Å². The maximum atomic E-state index is 12.2. The first kappa shape index (κ1) is 16.5.